The SMILES string of the molecule is CO[C@]12CC[C@@]3(C[C@@H]1CNC(=O)[C@@H]1CCCN1)[C@H]1Cc4ccc(O)c5c4[C@@]3(CCN1CC1CC1)[C@H]2O5. The van der Waals surface area contributed by atoms with Crippen LogP contribution in [-0.2, 0) is 21.4 Å². The fraction of sp³-hybridized carbons (Fsp3) is 0.759. The molecular formula is C29H39N3O4. The normalized spacial score (nSPS) is 43.8. The molecule has 4 bridgehead atoms. The zero-order valence-electron chi connectivity index (χ0n) is 21.4. The first-order valence-electron chi connectivity index (χ1n) is 14.3. The molecule has 194 valence electrons. The average Bonchev–Trinajstić information content (AvgIpc) is 3.37. The van der Waals surface area contributed by atoms with E-state index in [0.29, 0.717) is 12.6 Å². The molecule has 0 unspecified atom stereocenters. The summed E-state index contributed by atoms with van der Waals surface area (Å²) >= 11 is 0. The Morgan fingerprint density at radius 1 is 1.28 bits per heavy atom. The quantitative estimate of drug-likeness (QED) is 0.565. The van der Waals surface area contributed by atoms with Gasteiger partial charge < -0.3 is 25.2 Å². The van der Waals surface area contributed by atoms with Gasteiger partial charge in [0.15, 0.2) is 11.5 Å². The number of nitrogens with one attached hydrogen (secondary N) is 2. The number of rotatable bonds is 6. The molecule has 7 heteroatoms. The van der Waals surface area contributed by atoms with E-state index in [2.05, 4.69) is 21.6 Å². The number of amides is 1. The van der Waals surface area contributed by atoms with Crippen LogP contribution < -0.4 is 15.4 Å². The third-order valence-corrected chi connectivity index (χ3v) is 11.7. The number of phenolic OH excluding ortho intramolecular Hbond substituents is 1. The molecule has 3 N–H and O–H groups in total. The first kappa shape index (κ1) is 22.2. The van der Waals surface area contributed by atoms with E-state index >= 15 is 0 Å². The summed E-state index contributed by atoms with van der Waals surface area (Å²) in [6.07, 6.45) is 9.87. The summed E-state index contributed by atoms with van der Waals surface area (Å²) in [7, 11) is 1.85. The predicted molar refractivity (Wildman–Crippen MR) is 134 cm³/mol. The minimum Gasteiger partial charge on any atom is -0.504 e. The standard InChI is InChI=1S/C29H39N3O4/c1-35-29-9-8-27(14-19(29)15-31-25(34)20-3-2-11-30-20)22-13-18-6-7-21(33)24-23(18)28(27,26(29)36-24)10-12-32(22)16-17-4-5-17/h6-7,17,19-20,22,26,30,33H,2-5,8-16H2,1H3,(H,31,34)/t19-,20+,22-,26-,27-,28+,29-/m1/s1. The molecule has 5 aliphatic carbocycles. The molecule has 36 heavy (non-hydrogen) atoms. The number of ether oxygens (including phenoxy) is 2. The van der Waals surface area contributed by atoms with Crippen molar-refractivity contribution in [3.63, 3.8) is 0 Å². The predicted octanol–water partition coefficient (Wildman–Crippen LogP) is 2.48. The van der Waals surface area contributed by atoms with Gasteiger partial charge in [-0.1, -0.05) is 6.07 Å². The molecule has 7 atom stereocenters. The van der Waals surface area contributed by atoms with Gasteiger partial charge in [0.2, 0.25) is 5.91 Å². The lowest BCUT2D eigenvalue weighted by molar-refractivity contribution is -0.276. The number of fused-ring (bicyclic) bond motifs is 2. The fourth-order valence-corrected chi connectivity index (χ4v) is 10.0. The number of aromatic hydroxyl groups is 1. The summed E-state index contributed by atoms with van der Waals surface area (Å²) in [6.45, 7) is 3.88. The summed E-state index contributed by atoms with van der Waals surface area (Å²) in [5.74, 6) is 2.18. The molecule has 6 fully saturated rings. The van der Waals surface area contributed by atoms with E-state index in [4.69, 9.17) is 9.47 Å². The summed E-state index contributed by atoms with van der Waals surface area (Å²) in [4.78, 5) is 15.8. The van der Waals surface area contributed by atoms with Crippen LogP contribution >= 0.6 is 0 Å². The maximum Gasteiger partial charge on any atom is 0.237 e. The van der Waals surface area contributed by atoms with Crippen LogP contribution in [0.4, 0.5) is 0 Å². The van der Waals surface area contributed by atoms with E-state index in [1.54, 1.807) is 0 Å². The molecule has 3 aliphatic heterocycles. The molecule has 2 saturated heterocycles. The van der Waals surface area contributed by atoms with Gasteiger partial charge in [0.1, 0.15) is 11.7 Å². The van der Waals surface area contributed by atoms with Crippen LogP contribution in [0, 0.1) is 17.3 Å². The van der Waals surface area contributed by atoms with Crippen molar-refractivity contribution in [3.05, 3.63) is 23.3 Å². The van der Waals surface area contributed by atoms with Gasteiger partial charge in [0.05, 0.1) is 6.04 Å². The zero-order valence-corrected chi connectivity index (χ0v) is 21.4. The Morgan fingerprint density at radius 3 is 2.94 bits per heavy atom. The van der Waals surface area contributed by atoms with E-state index in [9.17, 15) is 9.90 Å². The second-order valence-corrected chi connectivity index (χ2v) is 12.9. The van der Waals surface area contributed by atoms with Crippen molar-refractivity contribution >= 4 is 5.91 Å². The van der Waals surface area contributed by atoms with Crippen LogP contribution in [0.25, 0.3) is 0 Å². The number of carbonyl (C=O) groups is 1. The van der Waals surface area contributed by atoms with Gasteiger partial charge in [-0.25, -0.2) is 0 Å². The van der Waals surface area contributed by atoms with Gasteiger partial charge in [-0.2, -0.15) is 0 Å². The van der Waals surface area contributed by atoms with Gasteiger partial charge in [-0.05, 0) is 88.4 Å². The number of phenols is 1. The lowest BCUT2D eigenvalue weighted by atomic mass is 9.35. The smallest absolute Gasteiger partial charge is 0.237 e. The Morgan fingerprint density at radius 2 is 2.17 bits per heavy atom. The number of carbonyl (C=O) groups excluding carboxylic acids is 1. The number of likely N-dealkylation sites (tertiary alicyclic amines) is 1. The molecule has 4 saturated carbocycles. The minimum atomic E-state index is -0.457. The van der Waals surface area contributed by atoms with Gasteiger partial charge in [0.25, 0.3) is 0 Å². The van der Waals surface area contributed by atoms with Crippen LogP contribution in [0.5, 0.6) is 11.5 Å². The molecule has 3 heterocycles. The number of methoxy groups -OCH3 is 1. The Bertz CT molecular complexity index is 1120. The second-order valence-electron chi connectivity index (χ2n) is 12.9. The first-order valence-corrected chi connectivity index (χ1v) is 14.3. The highest BCUT2D eigenvalue weighted by molar-refractivity contribution is 5.82. The number of piperidine rings is 1. The van der Waals surface area contributed by atoms with Crippen LogP contribution in [-0.4, -0.2) is 73.0 Å². The van der Waals surface area contributed by atoms with Gasteiger partial charge >= 0.3 is 0 Å². The van der Waals surface area contributed by atoms with E-state index in [1.165, 1.54) is 30.5 Å². The van der Waals surface area contributed by atoms with Gasteiger partial charge in [0, 0.05) is 48.6 Å². The molecule has 1 amide bonds. The zero-order chi connectivity index (χ0) is 24.3. The third kappa shape index (κ3) is 2.58. The molecular weight excluding hydrogens is 454 g/mol. The number of hydrogen-bond donors (Lipinski definition) is 3. The van der Waals surface area contributed by atoms with Gasteiger partial charge in [-0.15, -0.1) is 0 Å². The Labute approximate surface area is 213 Å². The Balaban J connectivity index is 1.22. The van der Waals surface area contributed by atoms with Crippen molar-refractivity contribution < 1.29 is 19.4 Å². The highest BCUT2D eigenvalue weighted by Gasteiger charge is 2.80. The van der Waals surface area contributed by atoms with E-state index < -0.39 is 5.60 Å². The lowest BCUT2D eigenvalue weighted by Crippen LogP contribution is -2.81. The van der Waals surface area contributed by atoms with Crippen molar-refractivity contribution in [3.8, 4) is 11.5 Å². The third-order valence-electron chi connectivity index (χ3n) is 11.7. The molecule has 0 radical (unpaired) electrons. The molecule has 8 aliphatic rings. The highest BCUT2D eigenvalue weighted by Crippen LogP contribution is 2.76. The van der Waals surface area contributed by atoms with Crippen molar-refractivity contribution in [2.24, 2.45) is 17.3 Å². The monoisotopic (exact) mass is 493 g/mol. The fourth-order valence-electron chi connectivity index (χ4n) is 10.0. The topological polar surface area (TPSA) is 83.1 Å². The van der Waals surface area contributed by atoms with Crippen LogP contribution in [0.15, 0.2) is 12.1 Å². The maximum absolute atomic E-state index is 13.0. The van der Waals surface area contributed by atoms with Crippen LogP contribution in [0.1, 0.15) is 62.5 Å². The summed E-state index contributed by atoms with van der Waals surface area (Å²) in [6, 6.07) is 4.43. The number of benzene rings is 1. The minimum absolute atomic E-state index is 0.0663. The second kappa shape index (κ2) is 7.39. The Kier molecular flexibility index (Phi) is 4.55. The van der Waals surface area contributed by atoms with E-state index in [1.807, 2.05) is 13.2 Å². The average molecular weight is 494 g/mol. The molecule has 2 spiro atoms. The summed E-state index contributed by atoms with van der Waals surface area (Å²) < 4.78 is 13.4. The molecule has 9 rings (SSSR count). The van der Waals surface area contributed by atoms with Gasteiger partial charge in [-0.3, -0.25) is 9.69 Å². The number of hydrogen-bond acceptors (Lipinski definition) is 6. The molecule has 1 aromatic rings. The molecule has 7 nitrogen and oxygen atoms in total. The van der Waals surface area contributed by atoms with E-state index in [-0.39, 0.29) is 40.6 Å². The summed E-state index contributed by atoms with van der Waals surface area (Å²) in [5.41, 5.74) is 2.20. The highest BCUT2D eigenvalue weighted by atomic mass is 16.6. The van der Waals surface area contributed by atoms with Crippen LogP contribution in [0.3, 0.4) is 0 Å². The van der Waals surface area contributed by atoms with E-state index in [0.717, 1.165) is 69.7 Å². The number of nitrogens with zero attached hydrogens (tertiary/aromatic N) is 1. The first-order chi connectivity index (χ1) is 17.5. The summed E-state index contributed by atoms with van der Waals surface area (Å²) in [5, 5.41) is 17.6. The van der Waals surface area contributed by atoms with Crippen molar-refractivity contribution in [2.45, 2.75) is 87.0 Å². The van der Waals surface area contributed by atoms with Crippen molar-refractivity contribution in [1.29, 1.82) is 0 Å². The van der Waals surface area contributed by atoms with Crippen molar-refractivity contribution in [2.75, 3.05) is 33.3 Å². The molecule has 0 aromatic heterocycles. The largest absolute Gasteiger partial charge is 0.504 e. The van der Waals surface area contributed by atoms with Crippen molar-refractivity contribution in [1.82, 2.24) is 15.5 Å². The lowest BCUT2D eigenvalue weighted by Gasteiger charge is -2.74. The Hall–Kier alpha value is -1.83. The molecule has 1 aromatic carbocycles. The maximum atomic E-state index is 13.0. The van der Waals surface area contributed by atoms with Crippen LogP contribution in [0.2, 0.25) is 0 Å².